The number of likely N-dealkylation sites (tertiary alicyclic amines) is 1. The Morgan fingerprint density at radius 2 is 1.90 bits per heavy atom. The van der Waals surface area contributed by atoms with Gasteiger partial charge in [-0.1, -0.05) is 24.3 Å². The van der Waals surface area contributed by atoms with E-state index in [0.717, 1.165) is 0 Å². The lowest BCUT2D eigenvalue weighted by Crippen LogP contribution is -2.36. The fourth-order valence-electron chi connectivity index (χ4n) is 3.38. The third-order valence-corrected chi connectivity index (χ3v) is 4.23. The minimum Gasteiger partial charge on any atom is -0.444 e. The molecule has 1 aromatic rings. The molecule has 4 nitrogen and oxygen atoms in total. The Bertz CT molecular complexity index is 536. The van der Waals surface area contributed by atoms with Crippen molar-refractivity contribution >= 4 is 6.09 Å². The van der Waals surface area contributed by atoms with Crippen LogP contribution in [-0.2, 0) is 4.74 Å². The smallest absolute Gasteiger partial charge is 0.410 e. The van der Waals surface area contributed by atoms with E-state index < -0.39 is 5.60 Å². The Kier molecular flexibility index (Phi) is 3.01. The van der Waals surface area contributed by atoms with Crippen molar-refractivity contribution < 1.29 is 9.53 Å². The molecule has 3 atom stereocenters. The number of carbonyl (C=O) groups is 1. The molecule has 1 heterocycles. The SMILES string of the molecule is CC(C)(C)OC(=O)N1C[C@@H]2[C@H](C1)c1ccccc1[C@@H]2N. The minimum absolute atomic E-state index is 0.0311. The zero-order chi connectivity index (χ0) is 14.5. The van der Waals surface area contributed by atoms with Gasteiger partial charge in [0.25, 0.3) is 0 Å². The predicted octanol–water partition coefficient (Wildman–Crippen LogP) is 2.65. The van der Waals surface area contributed by atoms with E-state index >= 15 is 0 Å². The maximum atomic E-state index is 12.2. The number of hydrogen-bond donors (Lipinski definition) is 1. The zero-order valence-corrected chi connectivity index (χ0v) is 12.3. The molecule has 0 bridgehead atoms. The van der Waals surface area contributed by atoms with Crippen LogP contribution in [0.2, 0.25) is 0 Å². The van der Waals surface area contributed by atoms with Gasteiger partial charge in [0, 0.05) is 31.0 Å². The average molecular weight is 274 g/mol. The van der Waals surface area contributed by atoms with Crippen LogP contribution < -0.4 is 5.73 Å². The molecule has 0 saturated carbocycles. The molecule has 1 aromatic carbocycles. The van der Waals surface area contributed by atoms with Crippen LogP contribution in [0, 0.1) is 5.92 Å². The molecule has 0 spiro atoms. The maximum absolute atomic E-state index is 12.2. The second-order valence-corrected chi connectivity index (χ2v) is 6.81. The van der Waals surface area contributed by atoms with E-state index in [0.29, 0.717) is 24.9 Å². The van der Waals surface area contributed by atoms with Crippen molar-refractivity contribution in [2.45, 2.75) is 38.3 Å². The van der Waals surface area contributed by atoms with Gasteiger partial charge in [-0.3, -0.25) is 0 Å². The number of nitrogens with two attached hydrogens (primary N) is 1. The molecule has 0 radical (unpaired) electrons. The van der Waals surface area contributed by atoms with Gasteiger partial charge in [0.1, 0.15) is 5.60 Å². The van der Waals surface area contributed by atoms with E-state index in [1.165, 1.54) is 11.1 Å². The van der Waals surface area contributed by atoms with Crippen LogP contribution in [0.25, 0.3) is 0 Å². The summed E-state index contributed by atoms with van der Waals surface area (Å²) in [6.45, 7) is 7.08. The standard InChI is InChI=1S/C16H22N2O2/c1-16(2,3)20-15(19)18-8-12-10-6-4-5-7-11(10)14(17)13(12)9-18/h4-7,12-14H,8-9,17H2,1-3H3/t12-,13-,14+/m1/s1. The summed E-state index contributed by atoms with van der Waals surface area (Å²) in [5.74, 6) is 0.675. The van der Waals surface area contributed by atoms with E-state index in [-0.39, 0.29) is 12.1 Å². The maximum Gasteiger partial charge on any atom is 0.410 e. The number of rotatable bonds is 0. The Balaban J connectivity index is 1.77. The molecule has 2 N–H and O–H groups in total. The summed E-state index contributed by atoms with van der Waals surface area (Å²) < 4.78 is 5.46. The predicted molar refractivity (Wildman–Crippen MR) is 77.4 cm³/mol. The molecule has 3 rings (SSSR count). The van der Waals surface area contributed by atoms with Crippen LogP contribution in [0.1, 0.15) is 43.9 Å². The minimum atomic E-state index is -0.450. The molecule has 1 fully saturated rings. The van der Waals surface area contributed by atoms with Gasteiger partial charge >= 0.3 is 6.09 Å². The molecule has 0 unspecified atom stereocenters. The van der Waals surface area contributed by atoms with Gasteiger partial charge < -0.3 is 15.4 Å². The average Bonchev–Trinajstić information content (AvgIpc) is 2.89. The van der Waals surface area contributed by atoms with Crippen LogP contribution in [0.3, 0.4) is 0 Å². The van der Waals surface area contributed by atoms with E-state index in [1.54, 1.807) is 4.90 Å². The number of ether oxygens (including phenoxy) is 1. The van der Waals surface area contributed by atoms with Gasteiger partial charge in [-0.25, -0.2) is 4.79 Å². The number of amides is 1. The van der Waals surface area contributed by atoms with Crippen LogP contribution in [-0.4, -0.2) is 29.7 Å². The van der Waals surface area contributed by atoms with Crippen molar-refractivity contribution in [2.24, 2.45) is 11.7 Å². The van der Waals surface area contributed by atoms with Crippen LogP contribution in [0.5, 0.6) is 0 Å². The number of fused-ring (bicyclic) bond motifs is 3. The number of hydrogen-bond acceptors (Lipinski definition) is 3. The normalized spacial score (nSPS) is 28.2. The molecule has 1 saturated heterocycles. The molecule has 4 heteroatoms. The quantitative estimate of drug-likeness (QED) is 0.791. The van der Waals surface area contributed by atoms with E-state index in [2.05, 4.69) is 12.1 Å². The van der Waals surface area contributed by atoms with Gasteiger partial charge in [0.15, 0.2) is 0 Å². The van der Waals surface area contributed by atoms with Crippen LogP contribution in [0.4, 0.5) is 4.79 Å². The van der Waals surface area contributed by atoms with Crippen molar-refractivity contribution in [3.63, 3.8) is 0 Å². The highest BCUT2D eigenvalue weighted by Crippen LogP contribution is 2.48. The lowest BCUT2D eigenvalue weighted by molar-refractivity contribution is 0.0284. The topological polar surface area (TPSA) is 55.6 Å². The van der Waals surface area contributed by atoms with Crippen molar-refractivity contribution in [2.75, 3.05) is 13.1 Å². The second kappa shape index (κ2) is 4.48. The molecule has 20 heavy (non-hydrogen) atoms. The lowest BCUT2D eigenvalue weighted by atomic mass is 9.95. The molecule has 0 aromatic heterocycles. The van der Waals surface area contributed by atoms with Crippen LogP contribution >= 0.6 is 0 Å². The van der Waals surface area contributed by atoms with Crippen molar-refractivity contribution in [1.82, 2.24) is 4.90 Å². The Morgan fingerprint density at radius 1 is 1.25 bits per heavy atom. The molecule has 108 valence electrons. The summed E-state index contributed by atoms with van der Waals surface area (Å²) in [4.78, 5) is 14.0. The first-order valence-electron chi connectivity index (χ1n) is 7.19. The Labute approximate surface area is 119 Å². The lowest BCUT2D eigenvalue weighted by Gasteiger charge is -2.25. The van der Waals surface area contributed by atoms with Crippen molar-refractivity contribution in [3.8, 4) is 0 Å². The summed E-state index contributed by atoms with van der Waals surface area (Å²) in [6.07, 6.45) is -0.225. The second-order valence-electron chi connectivity index (χ2n) is 6.81. The largest absolute Gasteiger partial charge is 0.444 e. The third-order valence-electron chi connectivity index (χ3n) is 4.23. The first-order chi connectivity index (χ1) is 9.37. The summed E-state index contributed by atoms with van der Waals surface area (Å²) in [5.41, 5.74) is 8.44. The Morgan fingerprint density at radius 3 is 2.55 bits per heavy atom. The number of benzene rings is 1. The van der Waals surface area contributed by atoms with Gasteiger partial charge in [0.2, 0.25) is 0 Å². The van der Waals surface area contributed by atoms with Crippen molar-refractivity contribution in [1.29, 1.82) is 0 Å². The summed E-state index contributed by atoms with van der Waals surface area (Å²) in [5, 5.41) is 0. The molecule has 1 aliphatic heterocycles. The first kappa shape index (κ1) is 13.4. The van der Waals surface area contributed by atoms with E-state index in [4.69, 9.17) is 10.5 Å². The molecule has 2 aliphatic rings. The third kappa shape index (κ3) is 2.18. The van der Waals surface area contributed by atoms with E-state index in [1.807, 2.05) is 32.9 Å². The van der Waals surface area contributed by atoms with Gasteiger partial charge in [-0.15, -0.1) is 0 Å². The van der Waals surface area contributed by atoms with Gasteiger partial charge in [-0.05, 0) is 31.9 Å². The van der Waals surface area contributed by atoms with Crippen molar-refractivity contribution in [3.05, 3.63) is 35.4 Å². The summed E-state index contributed by atoms with van der Waals surface area (Å²) >= 11 is 0. The monoisotopic (exact) mass is 274 g/mol. The van der Waals surface area contributed by atoms with E-state index in [9.17, 15) is 4.79 Å². The number of carbonyl (C=O) groups excluding carboxylic acids is 1. The highest BCUT2D eigenvalue weighted by atomic mass is 16.6. The van der Waals surface area contributed by atoms with Gasteiger partial charge in [-0.2, -0.15) is 0 Å². The zero-order valence-electron chi connectivity index (χ0n) is 12.3. The van der Waals surface area contributed by atoms with Gasteiger partial charge in [0.05, 0.1) is 0 Å². The molecular weight excluding hydrogens is 252 g/mol. The molecular formula is C16H22N2O2. The number of nitrogens with zero attached hydrogens (tertiary/aromatic N) is 1. The fraction of sp³-hybridized carbons (Fsp3) is 0.562. The summed E-state index contributed by atoms with van der Waals surface area (Å²) in [6, 6.07) is 8.35. The molecule has 1 amide bonds. The van der Waals surface area contributed by atoms with Crippen LogP contribution in [0.15, 0.2) is 24.3 Å². The fourth-order valence-corrected chi connectivity index (χ4v) is 3.38. The first-order valence-corrected chi connectivity index (χ1v) is 7.19. The molecule has 1 aliphatic carbocycles. The Hall–Kier alpha value is -1.55. The summed E-state index contributed by atoms with van der Waals surface area (Å²) in [7, 11) is 0. The highest BCUT2D eigenvalue weighted by Gasteiger charge is 2.46. The highest BCUT2D eigenvalue weighted by molar-refractivity contribution is 5.69.